The second-order valence-corrected chi connectivity index (χ2v) is 9.32. The number of carbonyl (C=O) groups excluding carboxylic acids is 1. The molecule has 144 valence electrons. The lowest BCUT2D eigenvalue weighted by Gasteiger charge is -2.38. The number of nitrogens with one attached hydrogen (secondary N) is 1. The Balaban J connectivity index is 1.51. The van der Waals surface area contributed by atoms with Crippen molar-refractivity contribution >= 4 is 15.9 Å². The van der Waals surface area contributed by atoms with Crippen LogP contribution in [0.4, 0.5) is 0 Å². The fraction of sp³-hybridized carbons (Fsp3) is 0.632. The van der Waals surface area contributed by atoms with Crippen LogP contribution in [0, 0.1) is 5.92 Å². The number of hydrogen-bond acceptors (Lipinski definition) is 4. The summed E-state index contributed by atoms with van der Waals surface area (Å²) in [6, 6.07) is 8.20. The molecule has 2 aliphatic rings. The Morgan fingerprint density at radius 2 is 1.73 bits per heavy atom. The normalized spacial score (nSPS) is 25.3. The molecule has 1 atom stereocenters. The fourth-order valence-electron chi connectivity index (χ4n) is 3.87. The SMILES string of the molecule is CN(C(=O)[C@@H](N)C1CCC(NS(=O)(=O)c2ccccc2)CC1)C1CCC1. The first kappa shape index (κ1) is 19.3. The van der Waals surface area contributed by atoms with Gasteiger partial charge in [0, 0.05) is 19.1 Å². The maximum Gasteiger partial charge on any atom is 0.240 e. The van der Waals surface area contributed by atoms with Crippen LogP contribution in [0.5, 0.6) is 0 Å². The second-order valence-electron chi connectivity index (χ2n) is 7.61. The quantitative estimate of drug-likeness (QED) is 0.789. The zero-order chi connectivity index (χ0) is 18.7. The smallest absolute Gasteiger partial charge is 0.240 e. The van der Waals surface area contributed by atoms with Gasteiger partial charge in [0.15, 0.2) is 0 Å². The van der Waals surface area contributed by atoms with Crippen molar-refractivity contribution in [3.63, 3.8) is 0 Å². The number of nitrogens with zero attached hydrogens (tertiary/aromatic N) is 1. The van der Waals surface area contributed by atoms with Crippen molar-refractivity contribution in [2.75, 3.05) is 7.05 Å². The van der Waals surface area contributed by atoms with E-state index >= 15 is 0 Å². The predicted molar refractivity (Wildman–Crippen MR) is 101 cm³/mol. The molecule has 0 aromatic heterocycles. The molecule has 3 N–H and O–H groups in total. The molecule has 3 rings (SSSR count). The van der Waals surface area contributed by atoms with Gasteiger partial charge in [0.25, 0.3) is 0 Å². The predicted octanol–water partition coefficient (Wildman–Crippen LogP) is 1.86. The third-order valence-electron chi connectivity index (χ3n) is 5.91. The van der Waals surface area contributed by atoms with Crippen LogP contribution < -0.4 is 10.5 Å². The van der Waals surface area contributed by atoms with Gasteiger partial charge in [0.05, 0.1) is 10.9 Å². The molecule has 1 amide bonds. The number of amides is 1. The van der Waals surface area contributed by atoms with Crippen molar-refractivity contribution in [2.24, 2.45) is 11.7 Å². The maximum atomic E-state index is 12.6. The number of likely N-dealkylation sites (N-methyl/N-ethyl adjacent to an activating group) is 1. The van der Waals surface area contributed by atoms with Crippen LogP contribution in [0.2, 0.25) is 0 Å². The van der Waals surface area contributed by atoms with Crippen LogP contribution in [-0.2, 0) is 14.8 Å². The Morgan fingerprint density at radius 3 is 2.27 bits per heavy atom. The van der Waals surface area contributed by atoms with E-state index in [2.05, 4.69) is 4.72 Å². The zero-order valence-electron chi connectivity index (χ0n) is 15.3. The van der Waals surface area contributed by atoms with Gasteiger partial charge in [-0.05, 0) is 63.0 Å². The van der Waals surface area contributed by atoms with Gasteiger partial charge in [-0.2, -0.15) is 0 Å². The van der Waals surface area contributed by atoms with E-state index < -0.39 is 16.1 Å². The lowest BCUT2D eigenvalue weighted by Crippen LogP contribution is -2.52. The number of hydrogen-bond donors (Lipinski definition) is 2. The minimum atomic E-state index is -3.49. The van der Waals surface area contributed by atoms with Crippen LogP contribution >= 0.6 is 0 Å². The van der Waals surface area contributed by atoms with Gasteiger partial charge in [-0.25, -0.2) is 13.1 Å². The third-order valence-corrected chi connectivity index (χ3v) is 7.45. The molecule has 0 aliphatic heterocycles. The van der Waals surface area contributed by atoms with Crippen molar-refractivity contribution < 1.29 is 13.2 Å². The molecule has 0 heterocycles. The van der Waals surface area contributed by atoms with Crippen LogP contribution in [0.15, 0.2) is 35.2 Å². The van der Waals surface area contributed by atoms with Crippen molar-refractivity contribution in [2.45, 2.75) is 68.0 Å². The maximum absolute atomic E-state index is 12.6. The van der Waals surface area contributed by atoms with Gasteiger partial charge in [0.1, 0.15) is 0 Å². The number of rotatable bonds is 6. The molecule has 6 nitrogen and oxygen atoms in total. The van der Waals surface area contributed by atoms with Crippen molar-refractivity contribution in [3.05, 3.63) is 30.3 Å². The van der Waals surface area contributed by atoms with E-state index in [0.29, 0.717) is 18.9 Å². The minimum Gasteiger partial charge on any atom is -0.341 e. The van der Waals surface area contributed by atoms with Gasteiger partial charge < -0.3 is 10.6 Å². The Hall–Kier alpha value is -1.44. The van der Waals surface area contributed by atoms with E-state index in [1.165, 1.54) is 6.42 Å². The second kappa shape index (κ2) is 8.06. The van der Waals surface area contributed by atoms with Gasteiger partial charge >= 0.3 is 0 Å². The summed E-state index contributed by atoms with van der Waals surface area (Å²) < 4.78 is 27.7. The number of benzene rings is 1. The number of nitrogens with two attached hydrogens (primary N) is 1. The summed E-state index contributed by atoms with van der Waals surface area (Å²) in [6.45, 7) is 0. The van der Waals surface area contributed by atoms with Crippen molar-refractivity contribution in [1.82, 2.24) is 9.62 Å². The van der Waals surface area contributed by atoms with E-state index in [-0.39, 0.29) is 22.8 Å². The lowest BCUT2D eigenvalue weighted by molar-refractivity contribution is -0.136. The summed E-state index contributed by atoms with van der Waals surface area (Å²) in [5, 5.41) is 0. The summed E-state index contributed by atoms with van der Waals surface area (Å²) >= 11 is 0. The molecular weight excluding hydrogens is 350 g/mol. The van der Waals surface area contributed by atoms with Crippen LogP contribution in [-0.4, -0.2) is 44.4 Å². The first-order chi connectivity index (χ1) is 12.4. The summed E-state index contributed by atoms with van der Waals surface area (Å²) in [5.74, 6) is 0.158. The van der Waals surface area contributed by atoms with E-state index in [9.17, 15) is 13.2 Å². The molecule has 2 fully saturated rings. The molecule has 26 heavy (non-hydrogen) atoms. The highest BCUT2D eigenvalue weighted by Crippen LogP contribution is 2.30. The summed E-state index contributed by atoms with van der Waals surface area (Å²) in [4.78, 5) is 14.7. The average molecular weight is 380 g/mol. The van der Waals surface area contributed by atoms with E-state index in [1.807, 2.05) is 11.9 Å². The molecule has 0 saturated heterocycles. The molecule has 2 saturated carbocycles. The Bertz CT molecular complexity index is 711. The van der Waals surface area contributed by atoms with Gasteiger partial charge in [-0.15, -0.1) is 0 Å². The van der Waals surface area contributed by atoms with Crippen LogP contribution in [0.3, 0.4) is 0 Å². The highest BCUT2D eigenvalue weighted by molar-refractivity contribution is 7.89. The largest absolute Gasteiger partial charge is 0.341 e. The molecule has 1 aromatic carbocycles. The minimum absolute atomic E-state index is 0.0306. The van der Waals surface area contributed by atoms with E-state index in [4.69, 9.17) is 5.73 Å². The molecule has 0 radical (unpaired) electrons. The Labute approximate surface area is 156 Å². The van der Waals surface area contributed by atoms with E-state index in [0.717, 1.165) is 25.7 Å². The molecular formula is C19H29N3O3S. The number of sulfonamides is 1. The molecule has 0 spiro atoms. The van der Waals surface area contributed by atoms with Crippen molar-refractivity contribution in [1.29, 1.82) is 0 Å². The monoisotopic (exact) mass is 379 g/mol. The molecule has 7 heteroatoms. The van der Waals surface area contributed by atoms with Crippen LogP contribution in [0.25, 0.3) is 0 Å². The first-order valence-corrected chi connectivity index (χ1v) is 11.0. The summed E-state index contributed by atoms with van der Waals surface area (Å²) in [6.07, 6.45) is 6.30. The van der Waals surface area contributed by atoms with Gasteiger partial charge in [-0.3, -0.25) is 4.79 Å². The Morgan fingerprint density at radius 1 is 1.12 bits per heavy atom. The number of carbonyl (C=O) groups is 1. The standard InChI is InChI=1S/C19H29N3O3S/c1-22(16-6-5-7-16)19(23)18(20)14-10-12-15(13-11-14)21-26(24,25)17-8-3-2-4-9-17/h2-4,8-9,14-16,18,21H,5-7,10-13,20H2,1H3/t14?,15?,18-/m0/s1. The van der Waals surface area contributed by atoms with Crippen LogP contribution in [0.1, 0.15) is 44.9 Å². The summed E-state index contributed by atoms with van der Waals surface area (Å²) in [7, 11) is -1.64. The first-order valence-electron chi connectivity index (χ1n) is 9.48. The molecule has 2 aliphatic carbocycles. The fourth-order valence-corrected chi connectivity index (χ4v) is 5.20. The highest BCUT2D eigenvalue weighted by atomic mass is 32.2. The molecule has 0 bridgehead atoms. The summed E-state index contributed by atoms with van der Waals surface area (Å²) in [5.41, 5.74) is 6.24. The van der Waals surface area contributed by atoms with E-state index in [1.54, 1.807) is 30.3 Å². The topological polar surface area (TPSA) is 92.5 Å². The molecule has 0 unspecified atom stereocenters. The lowest BCUT2D eigenvalue weighted by atomic mass is 9.81. The Kier molecular flexibility index (Phi) is 5.99. The van der Waals surface area contributed by atoms with Crippen molar-refractivity contribution in [3.8, 4) is 0 Å². The highest BCUT2D eigenvalue weighted by Gasteiger charge is 2.35. The average Bonchev–Trinajstić information content (AvgIpc) is 2.60. The molecule has 1 aromatic rings. The zero-order valence-corrected chi connectivity index (χ0v) is 16.1. The third kappa shape index (κ3) is 4.27. The van der Waals surface area contributed by atoms with Gasteiger partial charge in [0.2, 0.25) is 15.9 Å². The van der Waals surface area contributed by atoms with Gasteiger partial charge in [-0.1, -0.05) is 18.2 Å².